The Morgan fingerprint density at radius 1 is 1.39 bits per heavy atom. The van der Waals surface area contributed by atoms with Crippen molar-refractivity contribution in [3.05, 3.63) is 38.6 Å². The van der Waals surface area contributed by atoms with Crippen LogP contribution in [0.2, 0.25) is 0 Å². The third kappa shape index (κ3) is 2.73. The SMILES string of the molecule is Cc1cc(S(=O)(=O)Nc2ncccc2Br)c(C)s1. The summed E-state index contributed by atoms with van der Waals surface area (Å²) in [6.07, 6.45) is 1.54. The highest BCUT2D eigenvalue weighted by atomic mass is 79.9. The summed E-state index contributed by atoms with van der Waals surface area (Å²) in [7, 11) is -3.58. The first-order chi connectivity index (χ1) is 8.40. The van der Waals surface area contributed by atoms with Gasteiger partial charge in [0.05, 0.1) is 4.47 Å². The average molecular weight is 347 g/mol. The van der Waals surface area contributed by atoms with Crippen molar-refractivity contribution in [3.63, 3.8) is 0 Å². The molecule has 0 fully saturated rings. The Hall–Kier alpha value is -0.920. The van der Waals surface area contributed by atoms with Gasteiger partial charge in [0.25, 0.3) is 10.0 Å². The van der Waals surface area contributed by atoms with E-state index in [0.29, 0.717) is 15.2 Å². The summed E-state index contributed by atoms with van der Waals surface area (Å²) in [6, 6.07) is 5.12. The smallest absolute Gasteiger partial charge is 0.262 e. The molecule has 1 N–H and O–H groups in total. The first-order valence-corrected chi connectivity index (χ1v) is 8.20. The largest absolute Gasteiger partial charge is 0.264 e. The molecule has 96 valence electrons. The number of aryl methyl sites for hydroxylation is 2. The van der Waals surface area contributed by atoms with Gasteiger partial charge in [-0.25, -0.2) is 13.4 Å². The summed E-state index contributed by atoms with van der Waals surface area (Å²) < 4.78 is 27.5. The monoisotopic (exact) mass is 346 g/mol. The predicted octanol–water partition coefficient (Wildman–Crippen LogP) is 3.32. The second-order valence-electron chi connectivity index (χ2n) is 3.72. The average Bonchev–Trinajstić information content (AvgIpc) is 2.62. The van der Waals surface area contributed by atoms with Gasteiger partial charge in [-0.1, -0.05) is 0 Å². The molecule has 2 rings (SSSR count). The lowest BCUT2D eigenvalue weighted by Crippen LogP contribution is -2.14. The number of aromatic nitrogens is 1. The predicted molar refractivity (Wildman–Crippen MR) is 76.5 cm³/mol. The molecular formula is C11H11BrN2O2S2. The molecule has 4 nitrogen and oxygen atoms in total. The van der Waals surface area contributed by atoms with Crippen molar-refractivity contribution in [3.8, 4) is 0 Å². The molecule has 0 spiro atoms. The molecule has 0 bridgehead atoms. The molecule has 0 radical (unpaired) electrons. The lowest BCUT2D eigenvalue weighted by molar-refractivity contribution is 0.601. The van der Waals surface area contributed by atoms with E-state index in [9.17, 15) is 8.42 Å². The number of nitrogens with one attached hydrogen (secondary N) is 1. The molecule has 0 atom stereocenters. The Morgan fingerprint density at radius 2 is 2.11 bits per heavy atom. The summed E-state index contributed by atoms with van der Waals surface area (Å²) in [5.41, 5.74) is 0. The van der Waals surface area contributed by atoms with E-state index in [2.05, 4.69) is 25.6 Å². The number of hydrogen-bond acceptors (Lipinski definition) is 4. The second kappa shape index (κ2) is 4.99. The van der Waals surface area contributed by atoms with Crippen LogP contribution in [-0.4, -0.2) is 13.4 Å². The van der Waals surface area contributed by atoms with Gasteiger partial charge >= 0.3 is 0 Å². The van der Waals surface area contributed by atoms with Crippen molar-refractivity contribution in [2.24, 2.45) is 0 Å². The fourth-order valence-electron chi connectivity index (χ4n) is 1.52. The third-order valence-electron chi connectivity index (χ3n) is 2.27. The lowest BCUT2D eigenvalue weighted by Gasteiger charge is -2.07. The highest BCUT2D eigenvalue weighted by Crippen LogP contribution is 2.28. The maximum atomic E-state index is 12.2. The molecular weight excluding hydrogens is 336 g/mol. The van der Waals surface area contributed by atoms with Crippen molar-refractivity contribution < 1.29 is 8.42 Å². The van der Waals surface area contributed by atoms with E-state index in [0.717, 1.165) is 9.75 Å². The van der Waals surface area contributed by atoms with Gasteiger partial charge in [-0.05, 0) is 48.0 Å². The maximum absolute atomic E-state index is 12.2. The number of anilines is 1. The number of hydrogen-bond donors (Lipinski definition) is 1. The van der Waals surface area contributed by atoms with Gasteiger partial charge in [0, 0.05) is 16.0 Å². The van der Waals surface area contributed by atoms with Gasteiger partial charge in [0.15, 0.2) is 5.82 Å². The Balaban J connectivity index is 2.40. The number of pyridine rings is 1. The van der Waals surface area contributed by atoms with Gasteiger partial charge in [-0.2, -0.15) is 0 Å². The van der Waals surface area contributed by atoms with Gasteiger partial charge in [0.2, 0.25) is 0 Å². The van der Waals surface area contributed by atoms with E-state index in [1.807, 2.05) is 6.92 Å². The van der Waals surface area contributed by atoms with Crippen LogP contribution in [0.15, 0.2) is 33.8 Å². The maximum Gasteiger partial charge on any atom is 0.264 e. The van der Waals surface area contributed by atoms with E-state index >= 15 is 0 Å². The van der Waals surface area contributed by atoms with E-state index in [1.165, 1.54) is 17.5 Å². The van der Waals surface area contributed by atoms with E-state index < -0.39 is 10.0 Å². The standard InChI is InChI=1S/C11H11BrN2O2S2/c1-7-6-10(8(2)17-7)18(15,16)14-11-9(12)4-3-5-13-11/h3-6H,1-2H3,(H,13,14). The van der Waals surface area contributed by atoms with Crippen LogP contribution in [0.5, 0.6) is 0 Å². The van der Waals surface area contributed by atoms with Crippen LogP contribution in [0.25, 0.3) is 0 Å². The molecule has 0 aliphatic heterocycles. The van der Waals surface area contributed by atoms with E-state index in [4.69, 9.17) is 0 Å². The molecule has 0 amide bonds. The zero-order valence-corrected chi connectivity index (χ0v) is 13.0. The Morgan fingerprint density at radius 3 is 2.67 bits per heavy atom. The first kappa shape index (κ1) is 13.5. The highest BCUT2D eigenvalue weighted by Gasteiger charge is 2.20. The van der Waals surface area contributed by atoms with Crippen LogP contribution in [0.3, 0.4) is 0 Å². The van der Waals surface area contributed by atoms with Crippen molar-refractivity contribution in [2.75, 3.05) is 4.72 Å². The molecule has 2 heterocycles. The normalized spacial score (nSPS) is 11.5. The van der Waals surface area contributed by atoms with Gasteiger partial charge in [0.1, 0.15) is 4.90 Å². The number of rotatable bonds is 3. The number of nitrogens with zero attached hydrogens (tertiary/aromatic N) is 1. The molecule has 18 heavy (non-hydrogen) atoms. The fraction of sp³-hybridized carbons (Fsp3) is 0.182. The number of sulfonamides is 1. The van der Waals surface area contributed by atoms with Gasteiger partial charge < -0.3 is 0 Å². The van der Waals surface area contributed by atoms with E-state index in [1.54, 1.807) is 25.1 Å². The van der Waals surface area contributed by atoms with Crippen molar-refractivity contribution in [1.82, 2.24) is 4.98 Å². The van der Waals surface area contributed by atoms with Gasteiger partial charge in [-0.3, -0.25) is 4.72 Å². The molecule has 2 aromatic heterocycles. The molecule has 0 saturated heterocycles. The molecule has 0 aliphatic carbocycles. The quantitative estimate of drug-likeness (QED) is 0.927. The van der Waals surface area contributed by atoms with Crippen LogP contribution in [-0.2, 0) is 10.0 Å². The minimum Gasteiger partial charge on any atom is -0.262 e. The Labute approximate surface area is 118 Å². The minimum absolute atomic E-state index is 0.292. The lowest BCUT2D eigenvalue weighted by atomic mass is 10.4. The molecule has 2 aromatic rings. The molecule has 0 aromatic carbocycles. The number of thiophene rings is 1. The van der Waals surface area contributed by atoms with Crippen LogP contribution in [0.4, 0.5) is 5.82 Å². The van der Waals surface area contributed by atoms with E-state index in [-0.39, 0.29) is 0 Å². The van der Waals surface area contributed by atoms with Crippen LogP contribution < -0.4 is 4.72 Å². The van der Waals surface area contributed by atoms with Gasteiger partial charge in [-0.15, -0.1) is 11.3 Å². The molecule has 0 saturated carbocycles. The Bertz CT molecular complexity index is 680. The van der Waals surface area contributed by atoms with Crippen LogP contribution >= 0.6 is 27.3 Å². The molecule has 0 unspecified atom stereocenters. The Kier molecular flexibility index (Phi) is 3.74. The summed E-state index contributed by atoms with van der Waals surface area (Å²) in [6.45, 7) is 3.67. The number of halogens is 1. The second-order valence-corrected chi connectivity index (χ2v) is 7.68. The first-order valence-electron chi connectivity index (χ1n) is 5.10. The van der Waals surface area contributed by atoms with Crippen molar-refractivity contribution in [2.45, 2.75) is 18.7 Å². The highest BCUT2D eigenvalue weighted by molar-refractivity contribution is 9.10. The van der Waals surface area contributed by atoms with Crippen LogP contribution in [0, 0.1) is 13.8 Å². The summed E-state index contributed by atoms with van der Waals surface area (Å²) in [4.78, 5) is 6.04. The summed E-state index contributed by atoms with van der Waals surface area (Å²) in [5.74, 6) is 0.292. The summed E-state index contributed by atoms with van der Waals surface area (Å²) >= 11 is 4.72. The van der Waals surface area contributed by atoms with Crippen molar-refractivity contribution in [1.29, 1.82) is 0 Å². The zero-order chi connectivity index (χ0) is 13.3. The minimum atomic E-state index is -3.58. The zero-order valence-electron chi connectivity index (χ0n) is 9.77. The molecule has 0 aliphatic rings. The van der Waals surface area contributed by atoms with Crippen molar-refractivity contribution >= 4 is 43.1 Å². The third-order valence-corrected chi connectivity index (χ3v) is 5.47. The molecule has 7 heteroatoms. The summed E-state index contributed by atoms with van der Waals surface area (Å²) in [5, 5.41) is 0. The topological polar surface area (TPSA) is 59.1 Å². The fourth-order valence-corrected chi connectivity index (χ4v) is 4.59. The van der Waals surface area contributed by atoms with Crippen LogP contribution in [0.1, 0.15) is 9.75 Å².